The summed E-state index contributed by atoms with van der Waals surface area (Å²) in [4.78, 5) is 2.03. The second kappa shape index (κ2) is 6.13. The van der Waals surface area contributed by atoms with Gasteiger partial charge in [0.2, 0.25) is 0 Å². The van der Waals surface area contributed by atoms with E-state index in [1.54, 1.807) is 18.2 Å². The van der Waals surface area contributed by atoms with E-state index in [9.17, 15) is 8.78 Å². The van der Waals surface area contributed by atoms with Crippen molar-refractivity contribution in [3.8, 4) is 0 Å². The zero-order chi connectivity index (χ0) is 13.8. The second-order valence-corrected chi connectivity index (χ2v) is 4.94. The van der Waals surface area contributed by atoms with Crippen LogP contribution in [0.5, 0.6) is 0 Å². The van der Waals surface area contributed by atoms with E-state index in [0.717, 1.165) is 11.1 Å². The number of rotatable bonds is 4. The minimum atomic E-state index is -0.338. The molecule has 0 heterocycles. The molecule has 100 valence electrons. The maximum atomic E-state index is 12.9. The number of hydrogen-bond donors (Lipinski definition) is 0. The van der Waals surface area contributed by atoms with Gasteiger partial charge in [-0.25, -0.2) is 8.78 Å². The molecule has 0 aliphatic rings. The first-order valence-corrected chi connectivity index (χ1v) is 6.29. The molecule has 0 N–H and O–H groups in total. The van der Waals surface area contributed by atoms with Crippen molar-refractivity contribution in [1.82, 2.24) is 4.90 Å². The summed E-state index contributed by atoms with van der Waals surface area (Å²) < 4.78 is 25.7. The Morgan fingerprint density at radius 1 is 0.947 bits per heavy atom. The maximum Gasteiger partial charge on any atom is 0.124 e. The lowest BCUT2D eigenvalue weighted by molar-refractivity contribution is 0.319. The standard InChI is InChI=1S/C15H14ClF2N/c1-19(9-11-2-5-13(17)6-3-11)10-12-4-7-14(18)8-15(12)16/h2-8H,9-10H2,1H3. The number of hydrogen-bond acceptors (Lipinski definition) is 1. The van der Waals surface area contributed by atoms with E-state index in [4.69, 9.17) is 11.6 Å². The van der Waals surface area contributed by atoms with Crippen molar-refractivity contribution in [2.75, 3.05) is 7.05 Å². The molecule has 2 rings (SSSR count). The van der Waals surface area contributed by atoms with Gasteiger partial charge < -0.3 is 0 Å². The lowest BCUT2D eigenvalue weighted by Crippen LogP contribution is -2.17. The van der Waals surface area contributed by atoms with Gasteiger partial charge in [0.25, 0.3) is 0 Å². The summed E-state index contributed by atoms with van der Waals surface area (Å²) in [5.41, 5.74) is 1.88. The average Bonchev–Trinajstić information content (AvgIpc) is 2.36. The number of benzene rings is 2. The Hall–Kier alpha value is -1.45. The van der Waals surface area contributed by atoms with Crippen LogP contribution in [0.3, 0.4) is 0 Å². The van der Waals surface area contributed by atoms with E-state index in [1.165, 1.54) is 24.3 Å². The molecule has 0 radical (unpaired) electrons. The van der Waals surface area contributed by atoms with Crippen LogP contribution < -0.4 is 0 Å². The molecule has 1 nitrogen and oxygen atoms in total. The van der Waals surface area contributed by atoms with Crippen molar-refractivity contribution in [3.63, 3.8) is 0 Å². The van der Waals surface area contributed by atoms with E-state index in [2.05, 4.69) is 0 Å². The summed E-state index contributed by atoms with van der Waals surface area (Å²) in [5.74, 6) is -0.581. The van der Waals surface area contributed by atoms with Gasteiger partial charge in [0, 0.05) is 18.1 Å². The molecule has 4 heteroatoms. The van der Waals surface area contributed by atoms with Gasteiger partial charge >= 0.3 is 0 Å². The van der Waals surface area contributed by atoms with Gasteiger partial charge in [-0.05, 0) is 42.4 Å². The molecule has 0 aromatic heterocycles. The van der Waals surface area contributed by atoms with Crippen LogP contribution in [0.15, 0.2) is 42.5 Å². The largest absolute Gasteiger partial charge is 0.298 e. The molecule has 0 spiro atoms. The topological polar surface area (TPSA) is 3.24 Å². The van der Waals surface area contributed by atoms with Gasteiger partial charge in [-0.15, -0.1) is 0 Å². The predicted molar refractivity (Wildman–Crippen MR) is 73.0 cm³/mol. The Balaban J connectivity index is 2.01. The molecule has 19 heavy (non-hydrogen) atoms. The van der Waals surface area contributed by atoms with Crippen LogP contribution in [0.2, 0.25) is 5.02 Å². The number of nitrogens with zero attached hydrogens (tertiary/aromatic N) is 1. The average molecular weight is 282 g/mol. The smallest absolute Gasteiger partial charge is 0.124 e. The highest BCUT2D eigenvalue weighted by Gasteiger charge is 2.06. The molecular weight excluding hydrogens is 268 g/mol. The van der Waals surface area contributed by atoms with Gasteiger partial charge in [0.1, 0.15) is 11.6 Å². The van der Waals surface area contributed by atoms with Crippen LogP contribution in [0, 0.1) is 11.6 Å². The van der Waals surface area contributed by atoms with Gasteiger partial charge in [0.05, 0.1) is 0 Å². The summed E-state index contributed by atoms with van der Waals surface area (Å²) >= 11 is 5.98. The van der Waals surface area contributed by atoms with Crippen molar-refractivity contribution < 1.29 is 8.78 Å². The van der Waals surface area contributed by atoms with Crippen LogP contribution in [-0.4, -0.2) is 11.9 Å². The third-order valence-electron chi connectivity index (χ3n) is 2.82. The Morgan fingerprint density at radius 3 is 2.21 bits per heavy atom. The Bertz CT molecular complexity index is 555. The van der Waals surface area contributed by atoms with Crippen LogP contribution in [0.1, 0.15) is 11.1 Å². The van der Waals surface area contributed by atoms with E-state index in [1.807, 2.05) is 11.9 Å². The predicted octanol–water partition coefficient (Wildman–Crippen LogP) is 4.25. The summed E-state index contributed by atoms with van der Waals surface area (Å²) in [6, 6.07) is 10.8. The highest BCUT2D eigenvalue weighted by molar-refractivity contribution is 6.31. The molecule has 0 unspecified atom stereocenters. The van der Waals surface area contributed by atoms with Crippen molar-refractivity contribution in [3.05, 3.63) is 70.2 Å². The van der Waals surface area contributed by atoms with Crippen LogP contribution in [0.25, 0.3) is 0 Å². The SMILES string of the molecule is CN(Cc1ccc(F)cc1)Cc1ccc(F)cc1Cl. The third kappa shape index (κ3) is 4.01. The lowest BCUT2D eigenvalue weighted by Gasteiger charge is -2.17. The molecule has 2 aromatic carbocycles. The van der Waals surface area contributed by atoms with Crippen LogP contribution >= 0.6 is 11.6 Å². The fourth-order valence-electron chi connectivity index (χ4n) is 1.90. The summed E-state index contributed by atoms with van der Waals surface area (Å²) in [7, 11) is 1.93. The zero-order valence-electron chi connectivity index (χ0n) is 10.5. The Labute approximate surface area is 116 Å². The first-order valence-electron chi connectivity index (χ1n) is 5.91. The van der Waals surface area contributed by atoms with E-state index >= 15 is 0 Å². The minimum absolute atomic E-state index is 0.243. The first-order chi connectivity index (χ1) is 9.04. The maximum absolute atomic E-state index is 12.9. The van der Waals surface area contributed by atoms with Crippen molar-refractivity contribution in [2.45, 2.75) is 13.1 Å². The van der Waals surface area contributed by atoms with Crippen molar-refractivity contribution in [2.24, 2.45) is 0 Å². The van der Waals surface area contributed by atoms with Gasteiger partial charge in [-0.2, -0.15) is 0 Å². The van der Waals surface area contributed by atoms with Crippen molar-refractivity contribution in [1.29, 1.82) is 0 Å². The molecule has 2 aromatic rings. The molecule has 0 aliphatic carbocycles. The monoisotopic (exact) mass is 281 g/mol. The lowest BCUT2D eigenvalue weighted by atomic mass is 10.1. The minimum Gasteiger partial charge on any atom is -0.298 e. The van der Waals surface area contributed by atoms with Gasteiger partial charge in [-0.1, -0.05) is 29.8 Å². The molecule has 0 saturated heterocycles. The Morgan fingerprint density at radius 2 is 1.58 bits per heavy atom. The van der Waals surface area contributed by atoms with E-state index < -0.39 is 0 Å². The van der Waals surface area contributed by atoms with Crippen molar-refractivity contribution >= 4 is 11.6 Å². The fraction of sp³-hybridized carbons (Fsp3) is 0.200. The second-order valence-electron chi connectivity index (χ2n) is 4.53. The van der Waals surface area contributed by atoms with E-state index in [0.29, 0.717) is 18.1 Å². The molecule has 0 saturated carbocycles. The van der Waals surface area contributed by atoms with Crippen LogP contribution in [0.4, 0.5) is 8.78 Å². The molecule has 0 atom stereocenters. The van der Waals surface area contributed by atoms with Gasteiger partial charge in [0.15, 0.2) is 0 Å². The fourth-order valence-corrected chi connectivity index (χ4v) is 2.13. The Kier molecular flexibility index (Phi) is 4.51. The molecular formula is C15H14ClF2N. The molecule has 0 amide bonds. The summed E-state index contributed by atoms with van der Waals surface area (Å²) in [6.07, 6.45) is 0. The highest BCUT2D eigenvalue weighted by atomic mass is 35.5. The molecule has 0 aliphatic heterocycles. The van der Waals surface area contributed by atoms with E-state index in [-0.39, 0.29) is 11.6 Å². The first kappa shape index (κ1) is 14.0. The zero-order valence-corrected chi connectivity index (χ0v) is 11.3. The molecule has 0 bridgehead atoms. The number of halogens is 3. The van der Waals surface area contributed by atoms with Crippen LogP contribution in [-0.2, 0) is 13.1 Å². The highest BCUT2D eigenvalue weighted by Crippen LogP contribution is 2.19. The summed E-state index contributed by atoms with van der Waals surface area (Å²) in [5, 5.41) is 0.422. The molecule has 0 fully saturated rings. The quantitative estimate of drug-likeness (QED) is 0.810. The third-order valence-corrected chi connectivity index (χ3v) is 3.17. The normalized spacial score (nSPS) is 11.0. The summed E-state index contributed by atoms with van der Waals surface area (Å²) in [6.45, 7) is 1.28. The van der Waals surface area contributed by atoms with Gasteiger partial charge in [-0.3, -0.25) is 4.90 Å².